The van der Waals surface area contributed by atoms with Crippen molar-refractivity contribution in [1.82, 2.24) is 24.1 Å². The number of rotatable bonds is 1. The van der Waals surface area contributed by atoms with Crippen LogP contribution in [0.2, 0.25) is 0 Å². The number of hydrogen-bond donors (Lipinski definition) is 1. The summed E-state index contributed by atoms with van der Waals surface area (Å²) in [6.07, 6.45) is 3.46. The van der Waals surface area contributed by atoms with Crippen molar-refractivity contribution in [2.24, 2.45) is 0 Å². The van der Waals surface area contributed by atoms with Gasteiger partial charge in [-0.2, -0.15) is 0 Å². The van der Waals surface area contributed by atoms with Crippen LogP contribution < -0.4 is 5.69 Å². The highest BCUT2D eigenvalue weighted by Crippen LogP contribution is 2.20. The lowest BCUT2D eigenvalue weighted by Crippen LogP contribution is -2.14. The molecule has 0 aliphatic heterocycles. The lowest BCUT2D eigenvalue weighted by Gasteiger charge is -2.05. The summed E-state index contributed by atoms with van der Waals surface area (Å²) in [5.41, 5.74) is 3.60. The van der Waals surface area contributed by atoms with Gasteiger partial charge in [-0.3, -0.25) is 9.55 Å². The zero-order chi connectivity index (χ0) is 13.7. The molecule has 6 nitrogen and oxygen atoms in total. The molecule has 0 fully saturated rings. The van der Waals surface area contributed by atoms with Crippen molar-refractivity contribution in [3.63, 3.8) is 0 Å². The molecule has 0 aliphatic rings. The number of nitrogens with one attached hydrogen (secondary N) is 1. The van der Waals surface area contributed by atoms with Crippen LogP contribution >= 0.6 is 0 Å². The van der Waals surface area contributed by atoms with Crippen molar-refractivity contribution >= 4 is 16.8 Å². The highest BCUT2D eigenvalue weighted by molar-refractivity contribution is 5.81. The minimum Gasteiger partial charge on any atom is -0.288 e. The molecule has 4 aromatic rings. The van der Waals surface area contributed by atoms with Crippen LogP contribution in [0, 0.1) is 6.92 Å². The highest BCUT2D eigenvalue weighted by Gasteiger charge is 2.15. The summed E-state index contributed by atoms with van der Waals surface area (Å²) in [7, 11) is 0. The van der Waals surface area contributed by atoms with Crippen molar-refractivity contribution < 1.29 is 0 Å². The zero-order valence-corrected chi connectivity index (χ0v) is 10.7. The number of para-hydroxylation sites is 1. The molecule has 0 bridgehead atoms. The summed E-state index contributed by atoms with van der Waals surface area (Å²) < 4.78 is 3.30. The molecule has 0 saturated carbocycles. The number of imidazole rings is 2. The zero-order valence-electron chi connectivity index (χ0n) is 10.7. The van der Waals surface area contributed by atoms with E-state index < -0.39 is 0 Å². The van der Waals surface area contributed by atoms with Gasteiger partial charge >= 0.3 is 5.69 Å². The highest BCUT2D eigenvalue weighted by atomic mass is 16.1. The normalized spacial score (nSPS) is 11.4. The van der Waals surface area contributed by atoms with E-state index in [0.29, 0.717) is 5.65 Å². The SMILES string of the molecule is Cc1c2c(nn3ccnc13)[nH]c(=O)n2-c1ccccc1. The number of aromatic nitrogens is 5. The minimum atomic E-state index is -0.199. The van der Waals surface area contributed by atoms with Crippen LogP contribution in [-0.4, -0.2) is 24.1 Å². The van der Waals surface area contributed by atoms with Gasteiger partial charge in [0.25, 0.3) is 0 Å². The van der Waals surface area contributed by atoms with Crippen molar-refractivity contribution in [2.45, 2.75) is 6.92 Å². The molecular formula is C14H11N5O. The number of nitrogens with zero attached hydrogens (tertiary/aromatic N) is 4. The van der Waals surface area contributed by atoms with Crippen LogP contribution in [0.3, 0.4) is 0 Å². The Kier molecular flexibility index (Phi) is 2.09. The molecule has 20 heavy (non-hydrogen) atoms. The van der Waals surface area contributed by atoms with Crippen molar-refractivity contribution in [2.75, 3.05) is 0 Å². The second-order valence-corrected chi connectivity index (χ2v) is 4.62. The molecule has 1 aromatic carbocycles. The van der Waals surface area contributed by atoms with Crippen LogP contribution in [0.15, 0.2) is 47.5 Å². The van der Waals surface area contributed by atoms with E-state index in [9.17, 15) is 4.79 Å². The predicted molar refractivity (Wildman–Crippen MR) is 75.2 cm³/mol. The molecule has 0 amide bonds. The summed E-state index contributed by atoms with van der Waals surface area (Å²) in [4.78, 5) is 19.3. The van der Waals surface area contributed by atoms with Gasteiger partial charge in [0.2, 0.25) is 0 Å². The van der Waals surface area contributed by atoms with E-state index >= 15 is 0 Å². The Hall–Kier alpha value is -2.89. The van der Waals surface area contributed by atoms with E-state index in [1.165, 1.54) is 0 Å². The quantitative estimate of drug-likeness (QED) is 0.569. The van der Waals surface area contributed by atoms with Gasteiger partial charge in [-0.25, -0.2) is 14.3 Å². The second-order valence-electron chi connectivity index (χ2n) is 4.62. The van der Waals surface area contributed by atoms with E-state index in [0.717, 1.165) is 22.4 Å². The van der Waals surface area contributed by atoms with Gasteiger partial charge in [-0.15, -0.1) is 5.10 Å². The van der Waals surface area contributed by atoms with Crippen LogP contribution in [-0.2, 0) is 0 Å². The van der Waals surface area contributed by atoms with E-state index in [4.69, 9.17) is 0 Å². The molecular weight excluding hydrogens is 254 g/mol. The Morgan fingerprint density at radius 3 is 2.80 bits per heavy atom. The van der Waals surface area contributed by atoms with Crippen molar-refractivity contribution in [1.29, 1.82) is 0 Å². The molecule has 0 unspecified atom stereocenters. The summed E-state index contributed by atoms with van der Waals surface area (Å²) in [6, 6.07) is 9.50. The molecule has 3 heterocycles. The second kappa shape index (κ2) is 3.80. The number of aryl methyl sites for hydroxylation is 1. The number of fused-ring (bicyclic) bond motifs is 2. The predicted octanol–water partition coefficient (Wildman–Crippen LogP) is 1.67. The van der Waals surface area contributed by atoms with E-state index in [2.05, 4.69) is 15.1 Å². The third-order valence-corrected chi connectivity index (χ3v) is 3.41. The van der Waals surface area contributed by atoms with E-state index in [1.54, 1.807) is 21.5 Å². The lowest BCUT2D eigenvalue weighted by atomic mass is 10.2. The summed E-state index contributed by atoms with van der Waals surface area (Å²) >= 11 is 0. The van der Waals surface area contributed by atoms with Gasteiger partial charge in [0.15, 0.2) is 11.3 Å². The summed E-state index contributed by atoms with van der Waals surface area (Å²) in [5.74, 6) is 0. The Morgan fingerprint density at radius 1 is 1.20 bits per heavy atom. The first kappa shape index (κ1) is 11.0. The molecule has 4 rings (SSSR count). The number of benzene rings is 1. The smallest absolute Gasteiger partial charge is 0.288 e. The van der Waals surface area contributed by atoms with Crippen LogP contribution in [0.4, 0.5) is 0 Å². The third kappa shape index (κ3) is 1.36. The molecule has 0 atom stereocenters. The first-order valence-electron chi connectivity index (χ1n) is 6.26. The topological polar surface area (TPSA) is 68.0 Å². The molecule has 1 N–H and O–H groups in total. The van der Waals surface area contributed by atoms with Gasteiger partial charge in [-0.05, 0) is 19.1 Å². The Bertz CT molecular complexity index is 977. The average molecular weight is 265 g/mol. The largest absolute Gasteiger partial charge is 0.332 e. The molecule has 0 saturated heterocycles. The first-order valence-corrected chi connectivity index (χ1v) is 6.26. The maximum atomic E-state index is 12.2. The third-order valence-electron chi connectivity index (χ3n) is 3.41. The summed E-state index contributed by atoms with van der Waals surface area (Å²) in [5, 5.41) is 4.38. The number of aromatic amines is 1. The van der Waals surface area contributed by atoms with Gasteiger partial charge in [0.05, 0.1) is 5.69 Å². The molecule has 0 spiro atoms. The van der Waals surface area contributed by atoms with Crippen LogP contribution in [0.1, 0.15) is 5.56 Å². The van der Waals surface area contributed by atoms with Gasteiger partial charge in [-0.1, -0.05) is 18.2 Å². The Morgan fingerprint density at radius 2 is 2.00 bits per heavy atom. The molecule has 0 radical (unpaired) electrons. The van der Waals surface area contributed by atoms with Crippen LogP contribution in [0.25, 0.3) is 22.5 Å². The fraction of sp³-hybridized carbons (Fsp3) is 0.0714. The molecule has 98 valence electrons. The number of H-pyrrole nitrogens is 1. The maximum Gasteiger partial charge on any atom is 0.332 e. The average Bonchev–Trinajstić information content (AvgIpc) is 3.04. The standard InChI is InChI=1S/C14H11N5O/c1-9-11-12(17-18-8-7-15-13(9)18)16-14(20)19(11)10-5-3-2-4-6-10/h2-8H,1H3,(H,16,17,20). The Labute approximate surface area is 113 Å². The van der Waals surface area contributed by atoms with Gasteiger partial charge in [0.1, 0.15) is 5.52 Å². The van der Waals surface area contributed by atoms with E-state index in [1.807, 2.05) is 37.3 Å². The monoisotopic (exact) mass is 265 g/mol. The Balaban J connectivity index is 2.21. The molecule has 3 aromatic heterocycles. The van der Waals surface area contributed by atoms with E-state index in [-0.39, 0.29) is 5.69 Å². The lowest BCUT2D eigenvalue weighted by molar-refractivity contribution is 0.951. The maximum absolute atomic E-state index is 12.2. The fourth-order valence-corrected chi connectivity index (χ4v) is 2.52. The molecule has 0 aliphatic carbocycles. The van der Waals surface area contributed by atoms with Crippen molar-refractivity contribution in [3.05, 3.63) is 58.8 Å². The van der Waals surface area contributed by atoms with Gasteiger partial charge < -0.3 is 0 Å². The van der Waals surface area contributed by atoms with Crippen molar-refractivity contribution in [3.8, 4) is 5.69 Å². The molecule has 6 heteroatoms. The van der Waals surface area contributed by atoms with Crippen LogP contribution in [0.5, 0.6) is 0 Å². The minimum absolute atomic E-state index is 0.199. The fourth-order valence-electron chi connectivity index (χ4n) is 2.52. The number of hydrogen-bond acceptors (Lipinski definition) is 3. The van der Waals surface area contributed by atoms with Gasteiger partial charge in [0, 0.05) is 18.0 Å². The summed E-state index contributed by atoms with van der Waals surface area (Å²) in [6.45, 7) is 1.94. The first-order chi connectivity index (χ1) is 9.75.